The normalized spacial score (nSPS) is 14.6. The van der Waals surface area contributed by atoms with Crippen LogP contribution in [0.5, 0.6) is 0 Å². The van der Waals surface area contributed by atoms with Crippen molar-refractivity contribution in [2.24, 2.45) is 0 Å². The summed E-state index contributed by atoms with van der Waals surface area (Å²) in [5.74, 6) is 1.20. The Balaban J connectivity index is 1.06. The molecule has 0 unspecified atom stereocenters. The minimum Gasteiger partial charge on any atom is -0.456 e. The minimum absolute atomic E-state index is 0.00573. The summed E-state index contributed by atoms with van der Waals surface area (Å²) in [6, 6.07) is 30.4. The van der Waals surface area contributed by atoms with Crippen LogP contribution in [0.2, 0.25) is 0 Å². The van der Waals surface area contributed by atoms with Crippen LogP contribution in [0.25, 0.3) is 126 Å². The molecule has 0 N–H and O–H groups in total. The lowest BCUT2D eigenvalue weighted by Gasteiger charge is -2.11. The van der Waals surface area contributed by atoms with Crippen molar-refractivity contribution in [2.75, 3.05) is 0 Å². The van der Waals surface area contributed by atoms with Crippen LogP contribution in [-0.4, -0.2) is 19.5 Å². The molecule has 0 saturated carbocycles. The summed E-state index contributed by atoms with van der Waals surface area (Å²) in [7, 11) is 0. The van der Waals surface area contributed by atoms with Crippen LogP contribution in [0.1, 0.15) is 13.7 Å². The molecule has 0 aliphatic heterocycles. The topological polar surface area (TPSA) is 69.9 Å². The van der Waals surface area contributed by atoms with Crippen molar-refractivity contribution in [1.29, 1.82) is 0 Å². The zero-order valence-electron chi connectivity index (χ0n) is 39.9. The van der Waals surface area contributed by atoms with Gasteiger partial charge in [-0.25, -0.2) is 15.0 Å². The number of rotatable bonds is 4. The summed E-state index contributed by atoms with van der Waals surface area (Å²) in [6.45, 7) is 0. The summed E-state index contributed by atoms with van der Waals surface area (Å²) < 4.78 is 105. The smallest absolute Gasteiger partial charge is 0.164 e. The van der Waals surface area contributed by atoms with Crippen molar-refractivity contribution in [3.63, 3.8) is 0 Å². The van der Waals surface area contributed by atoms with Crippen LogP contribution in [0.15, 0.2) is 178 Å². The average molecular weight is 771 g/mol. The molecule has 5 heterocycles. The first-order chi connectivity index (χ1) is 32.9. The van der Waals surface area contributed by atoms with Crippen molar-refractivity contribution in [1.82, 2.24) is 19.5 Å². The minimum atomic E-state index is -0.536. The molecule has 58 heavy (non-hydrogen) atoms. The van der Waals surface area contributed by atoms with E-state index in [-0.39, 0.29) is 43.7 Å². The summed E-state index contributed by atoms with van der Waals surface area (Å²) in [5.41, 5.74) is 3.73. The molecule has 0 aliphatic carbocycles. The molecule has 0 amide bonds. The van der Waals surface area contributed by atoms with E-state index in [4.69, 9.17) is 34.8 Å². The van der Waals surface area contributed by atoms with Gasteiger partial charge in [-0.15, -0.1) is 11.3 Å². The van der Waals surface area contributed by atoms with Crippen molar-refractivity contribution in [2.45, 2.75) is 0 Å². The maximum atomic E-state index is 9.32. The second-order valence-corrected chi connectivity index (χ2v) is 15.1. The van der Waals surface area contributed by atoms with Crippen LogP contribution in [0.4, 0.5) is 0 Å². The molecule has 0 radical (unpaired) electrons. The number of thiophene rings is 1. The summed E-state index contributed by atoms with van der Waals surface area (Å²) in [4.78, 5) is 15.3. The number of benzene rings is 8. The van der Waals surface area contributed by atoms with E-state index in [1.54, 1.807) is 40.2 Å². The first-order valence-corrected chi connectivity index (χ1v) is 19.3. The molecule has 13 aromatic rings. The van der Waals surface area contributed by atoms with Gasteiger partial charge in [0.1, 0.15) is 16.7 Å². The Morgan fingerprint density at radius 1 is 0.483 bits per heavy atom. The Bertz CT molecular complexity index is 4410. The number of hydrogen-bond donors (Lipinski definition) is 0. The van der Waals surface area contributed by atoms with Crippen LogP contribution in [0.3, 0.4) is 0 Å². The van der Waals surface area contributed by atoms with Gasteiger partial charge in [-0.05, 0) is 66.7 Å². The van der Waals surface area contributed by atoms with Crippen molar-refractivity contribution >= 4 is 97.2 Å². The molecule has 6 nitrogen and oxygen atoms in total. The van der Waals surface area contributed by atoms with Gasteiger partial charge in [-0.1, -0.05) is 103 Å². The van der Waals surface area contributed by atoms with Gasteiger partial charge in [-0.3, -0.25) is 0 Å². The van der Waals surface area contributed by atoms with Crippen molar-refractivity contribution in [3.05, 3.63) is 170 Å². The Kier molecular flexibility index (Phi) is 4.83. The van der Waals surface area contributed by atoms with Gasteiger partial charge < -0.3 is 13.4 Å². The highest BCUT2D eigenvalue weighted by atomic mass is 32.1. The molecular weight excluding hydrogens is 733 g/mol. The summed E-state index contributed by atoms with van der Waals surface area (Å²) in [6.07, 6.45) is 0. The third kappa shape index (κ3) is 4.56. The van der Waals surface area contributed by atoms with Gasteiger partial charge in [0.15, 0.2) is 23.1 Å². The molecule has 0 aliphatic rings. The Morgan fingerprint density at radius 3 is 2.10 bits per heavy atom. The van der Waals surface area contributed by atoms with Crippen LogP contribution in [-0.2, 0) is 0 Å². The zero-order valence-corrected chi connectivity index (χ0v) is 30.7. The molecule has 0 spiro atoms. The quantitative estimate of drug-likeness (QED) is 0.178. The van der Waals surface area contributed by atoms with Gasteiger partial charge in [0, 0.05) is 74.9 Å². The monoisotopic (exact) mass is 770 g/mol. The predicted molar refractivity (Wildman–Crippen MR) is 238 cm³/mol. The fourth-order valence-corrected chi connectivity index (χ4v) is 9.31. The molecule has 0 atom stereocenters. The number of nitrogens with zero attached hydrogens (tertiary/aromatic N) is 4. The van der Waals surface area contributed by atoms with Gasteiger partial charge >= 0.3 is 0 Å². The van der Waals surface area contributed by atoms with E-state index in [1.807, 2.05) is 60.7 Å². The lowest BCUT2D eigenvalue weighted by Crippen LogP contribution is -2.01. The second-order valence-electron chi connectivity index (χ2n) is 14.0. The number of fused-ring (bicyclic) bond motifs is 13. The Labute approximate surface area is 347 Å². The van der Waals surface area contributed by atoms with Crippen LogP contribution < -0.4 is 0 Å². The van der Waals surface area contributed by atoms with Gasteiger partial charge in [-0.2, -0.15) is 0 Å². The van der Waals surface area contributed by atoms with Gasteiger partial charge in [0.25, 0.3) is 0 Å². The van der Waals surface area contributed by atoms with E-state index >= 15 is 0 Å². The fraction of sp³-hybridized carbons (Fsp3) is 0. The van der Waals surface area contributed by atoms with Gasteiger partial charge in [0.2, 0.25) is 0 Å². The largest absolute Gasteiger partial charge is 0.456 e. The second kappa shape index (κ2) is 11.9. The maximum Gasteiger partial charge on any atom is 0.164 e. The Morgan fingerprint density at radius 2 is 1.19 bits per heavy atom. The average Bonchev–Trinajstić information content (AvgIpc) is 4.14. The highest BCUT2D eigenvalue weighted by molar-refractivity contribution is 7.25. The molecular formula is C51H28N4O2S. The lowest BCUT2D eigenvalue weighted by atomic mass is 10.1. The van der Waals surface area contributed by atoms with E-state index in [9.17, 15) is 2.74 Å². The third-order valence-electron chi connectivity index (χ3n) is 10.8. The van der Waals surface area contributed by atoms with E-state index in [0.29, 0.717) is 34.3 Å². The van der Waals surface area contributed by atoms with E-state index < -0.39 is 60.4 Å². The number of furan rings is 2. The molecule has 0 saturated heterocycles. The Hall–Kier alpha value is -7.61. The van der Waals surface area contributed by atoms with E-state index in [0.717, 1.165) is 37.6 Å². The highest BCUT2D eigenvalue weighted by Gasteiger charge is 2.21. The molecule has 0 bridgehead atoms. The predicted octanol–water partition coefficient (Wildman–Crippen LogP) is 14.1. The molecule has 7 heteroatoms. The van der Waals surface area contributed by atoms with Crippen LogP contribution in [0, 0.1) is 0 Å². The zero-order chi connectivity index (χ0) is 46.6. The fourth-order valence-electron chi connectivity index (χ4n) is 8.16. The van der Waals surface area contributed by atoms with Crippen molar-refractivity contribution < 1.29 is 22.5 Å². The number of hydrogen-bond acceptors (Lipinski definition) is 6. The van der Waals surface area contributed by atoms with Crippen LogP contribution >= 0.6 is 11.3 Å². The molecule has 0 fully saturated rings. The first-order valence-electron chi connectivity index (χ1n) is 23.4. The standard InChI is InChI=1S/C51H28N4O2S/c1-5-15-40-32(10-1)36-26-27-37-33-11-2-6-16-41(33)57-48(37)47(36)55(40)31-23-20-29(21-24-31)49-52-50(30-22-25-35-34-12-4-8-19-44(34)58-45(35)28-30)54-51(53-49)39-14-9-18-43-46(39)38-13-3-7-17-42(38)56-43/h1-28H/i1D,2D,5D,6D,10D,11D,15D,16D,26D,27D. The SMILES string of the molecule is [2H]c1c([2H])c([2H])c2c(oc3c2c([2H])c([2H])c2c4c([2H])c([2H])c([2H])c([2H])c4n(-c4ccc(-c5nc(-c6ccc7c(c6)sc6ccccc67)nc(-c6cccc7oc8ccccc8c67)n5)cc4)c32)c1[2H]. The lowest BCUT2D eigenvalue weighted by molar-refractivity contribution is 0.669. The van der Waals surface area contributed by atoms with E-state index in [1.165, 1.54) is 10.1 Å². The van der Waals surface area contributed by atoms with Gasteiger partial charge in [0.05, 0.1) is 24.7 Å². The maximum absolute atomic E-state index is 9.32. The first kappa shape index (κ1) is 23.5. The third-order valence-corrected chi connectivity index (χ3v) is 11.9. The van der Waals surface area contributed by atoms with Crippen molar-refractivity contribution in [3.8, 4) is 39.9 Å². The highest BCUT2D eigenvalue weighted by Crippen LogP contribution is 2.42. The molecule has 5 aromatic heterocycles. The summed E-state index contributed by atoms with van der Waals surface area (Å²) in [5, 5.41) is 3.93. The molecule has 8 aromatic carbocycles. The molecule has 13 rings (SSSR count). The molecule has 270 valence electrons. The summed E-state index contributed by atoms with van der Waals surface area (Å²) >= 11 is 1.69. The number of aromatic nitrogens is 4. The van der Waals surface area contributed by atoms with E-state index in [2.05, 4.69) is 24.3 Å². The number of para-hydroxylation sites is 3.